The van der Waals surface area contributed by atoms with E-state index in [2.05, 4.69) is 27.7 Å². The Balaban J connectivity index is 0. The van der Waals surface area contributed by atoms with Crippen molar-refractivity contribution in [1.82, 2.24) is 14.9 Å². The largest absolute Gasteiger partial charge is 1.00 e. The average molecular weight is 768 g/mol. The van der Waals surface area contributed by atoms with Gasteiger partial charge in [0.1, 0.15) is 31.0 Å². The standard InChI is InChI=1S/C16H31NO9.C9H12N3O3.CH3BO.CN.Ga.K/c18-10-13-16(22)12(20)9-15(26-13)25-5-2-1-3-14(21)17-4-6-23-7-8-24-11-19;10-7-3-4-12(9(14)11-7)8-2-1-6(5-13)15-8;1-3-2;1-2;;/h12-13,15-16,18-20,22H,1-11H2,(H,17,21);3-4,6,8H,1-2,5H2,(H2,10,11,14);1H3;;;/q;-1;;;;+1. The fourth-order valence-corrected chi connectivity index (χ4v) is 4.07. The van der Waals surface area contributed by atoms with E-state index in [0.717, 1.165) is 18.6 Å². The van der Waals surface area contributed by atoms with Crippen LogP contribution in [0, 0.1) is 9.89 Å². The van der Waals surface area contributed by atoms with Gasteiger partial charge < -0.3 is 64.9 Å². The van der Waals surface area contributed by atoms with Gasteiger partial charge in [0.15, 0.2) is 6.29 Å². The van der Waals surface area contributed by atoms with E-state index in [9.17, 15) is 24.9 Å². The monoisotopic (exact) mass is 767 g/mol. The van der Waals surface area contributed by atoms with Crippen molar-refractivity contribution in [2.45, 2.75) is 75.5 Å². The number of hydrogen-bond donors (Lipinski definition) is 6. The quantitative estimate of drug-likeness (QED) is 0.0518. The summed E-state index contributed by atoms with van der Waals surface area (Å²) in [4.78, 5) is 26.7. The Morgan fingerprint density at radius 3 is 2.48 bits per heavy atom. The molecule has 3 heterocycles. The number of aliphatic hydroxyl groups excluding tert-OH is 4. The topological polar surface area (TPSA) is 273 Å². The first kappa shape index (κ1) is 49.6. The Bertz CT molecular complexity index is 1050. The normalized spacial score (nSPS) is 22.6. The van der Waals surface area contributed by atoms with E-state index in [-0.39, 0.29) is 95.3 Å². The van der Waals surface area contributed by atoms with Gasteiger partial charge in [-0.05, 0) is 31.7 Å². The molecule has 18 nitrogen and oxygen atoms in total. The number of unbranched alkanes of at least 4 members (excludes halogenated alkanes) is 1. The molecule has 4 radical (unpaired) electrons. The van der Waals surface area contributed by atoms with E-state index in [4.69, 9.17) is 40.2 Å². The summed E-state index contributed by atoms with van der Waals surface area (Å²) < 4.78 is 33.0. The van der Waals surface area contributed by atoms with Crippen LogP contribution in [0.4, 0.5) is 5.82 Å². The summed E-state index contributed by atoms with van der Waals surface area (Å²) in [5.41, 5.74) is 4.93. The van der Waals surface area contributed by atoms with Crippen LogP contribution in [0.15, 0.2) is 17.1 Å². The average Bonchev–Trinajstić information content (AvgIpc) is 3.52. The number of anilines is 1. The third-order valence-corrected chi connectivity index (χ3v) is 6.28. The van der Waals surface area contributed by atoms with E-state index in [1.165, 1.54) is 17.7 Å². The first-order valence-corrected chi connectivity index (χ1v) is 16.0. The zero-order chi connectivity index (χ0) is 35.5. The van der Waals surface area contributed by atoms with Crippen molar-refractivity contribution in [3.8, 4) is 4.62 Å². The Morgan fingerprint density at radius 1 is 1.23 bits per heavy atom. The number of nitrogens with zero attached hydrogens (tertiary/aromatic N) is 3. The van der Waals surface area contributed by atoms with Gasteiger partial charge in [-0.15, -0.1) is 6.61 Å². The molecule has 6 unspecified atom stereocenters. The number of nitrogens with one attached hydrogen (secondary N) is 1. The van der Waals surface area contributed by atoms with Crippen LogP contribution in [0.25, 0.3) is 0 Å². The van der Waals surface area contributed by atoms with Crippen LogP contribution in [-0.2, 0) is 33.1 Å². The number of nitrogens with two attached hydrogens (primary N) is 1. The molecule has 21 heteroatoms. The molecule has 7 N–H and O–H groups in total. The van der Waals surface area contributed by atoms with Gasteiger partial charge in [-0.3, -0.25) is 9.36 Å². The Morgan fingerprint density at radius 2 is 1.90 bits per heavy atom. The second-order valence-electron chi connectivity index (χ2n) is 9.77. The number of carbonyl (C=O) groups excluding carboxylic acids is 1. The fraction of sp³-hybridized carbons (Fsp3) is 0.778. The number of aromatic nitrogens is 2. The zero-order valence-electron chi connectivity index (χ0n) is 27.6. The summed E-state index contributed by atoms with van der Waals surface area (Å²) in [5.74, 6) is 0.114. The minimum Gasteiger partial charge on any atom is -0.853 e. The molecule has 2 fully saturated rings. The summed E-state index contributed by atoms with van der Waals surface area (Å²) in [6, 6.07) is 1.54. The second-order valence-corrected chi connectivity index (χ2v) is 10.3. The van der Waals surface area contributed by atoms with Gasteiger partial charge in [-0.1, -0.05) is 0 Å². The molecule has 48 heavy (non-hydrogen) atoms. The van der Waals surface area contributed by atoms with Crippen molar-refractivity contribution in [2.24, 2.45) is 0 Å². The summed E-state index contributed by atoms with van der Waals surface area (Å²) in [6.45, 7) is 0.818. The second kappa shape index (κ2) is 32.4. The third kappa shape index (κ3) is 23.1. The van der Waals surface area contributed by atoms with Gasteiger partial charge in [0.05, 0.1) is 32.5 Å². The smallest absolute Gasteiger partial charge is 0.853 e. The van der Waals surface area contributed by atoms with Gasteiger partial charge in [0, 0.05) is 45.4 Å². The van der Waals surface area contributed by atoms with Crippen molar-refractivity contribution < 1.29 is 110 Å². The minimum atomic E-state index is -1.12. The number of nitrogen functional groups attached to an aromatic ring is 1. The van der Waals surface area contributed by atoms with Crippen molar-refractivity contribution in [1.29, 1.82) is 5.26 Å². The summed E-state index contributed by atoms with van der Waals surface area (Å²) >= 11 is 1.09. The number of nitriles is 1. The zero-order valence-corrected chi connectivity index (χ0v) is 33.1. The van der Waals surface area contributed by atoms with Gasteiger partial charge in [-0.25, -0.2) is 4.79 Å². The molecular formula is C27H46BGaKN5O13. The Labute approximate surface area is 334 Å². The molecule has 6 atom stereocenters. The Kier molecular flexibility index (Phi) is 33.6. The number of rotatable bonds is 16. The molecule has 0 saturated carbocycles. The Hall–Kier alpha value is -0.462. The van der Waals surface area contributed by atoms with Crippen LogP contribution in [-0.4, -0.2) is 153 Å². The molecule has 264 valence electrons. The van der Waals surface area contributed by atoms with Crippen LogP contribution in [0.2, 0.25) is 0 Å². The molecule has 0 spiro atoms. The first-order valence-electron chi connectivity index (χ1n) is 14.8. The fourth-order valence-electron chi connectivity index (χ4n) is 4.07. The SMILES string of the molecule is N#[C][Ga].Nc1ccn(C2CCC(C[O-])O2)c(=O)n1.O=C(CCCCOC1CC(O)C(O)C(CO)O1)NCCOCCOCO.[B]OC.[K+]. The van der Waals surface area contributed by atoms with E-state index in [1.54, 1.807) is 6.20 Å². The van der Waals surface area contributed by atoms with Crippen molar-refractivity contribution in [2.75, 3.05) is 65.8 Å². The maximum atomic E-state index is 11.6. The third-order valence-electron chi connectivity index (χ3n) is 6.28. The van der Waals surface area contributed by atoms with Crippen LogP contribution >= 0.6 is 0 Å². The molecule has 0 aliphatic carbocycles. The molecule has 1 amide bonds. The van der Waals surface area contributed by atoms with Crippen LogP contribution in [0.5, 0.6) is 0 Å². The molecule has 2 aliphatic rings. The number of carbonyl (C=O) groups is 1. The van der Waals surface area contributed by atoms with Gasteiger partial charge in [0.2, 0.25) is 5.91 Å². The van der Waals surface area contributed by atoms with Gasteiger partial charge >= 0.3 is 85.6 Å². The molecule has 1 aromatic heterocycles. The molecular weight excluding hydrogens is 722 g/mol. The van der Waals surface area contributed by atoms with Crippen LogP contribution < -0.4 is 73.2 Å². The van der Waals surface area contributed by atoms with Crippen LogP contribution in [0.3, 0.4) is 0 Å². The van der Waals surface area contributed by atoms with E-state index in [1.807, 2.05) is 4.62 Å². The number of amides is 1. The predicted octanol–water partition coefficient (Wildman–Crippen LogP) is -6.68. The van der Waals surface area contributed by atoms with Crippen molar-refractivity contribution in [3.05, 3.63) is 22.7 Å². The molecule has 1 aromatic rings. The summed E-state index contributed by atoms with van der Waals surface area (Å²) in [5, 5.41) is 57.5. The molecule has 3 rings (SSSR count). The van der Waals surface area contributed by atoms with Crippen molar-refractivity contribution >= 4 is 38.4 Å². The number of aliphatic hydroxyl groups is 4. The summed E-state index contributed by atoms with van der Waals surface area (Å²) in [7, 11) is 5.75. The predicted molar refractivity (Wildman–Crippen MR) is 164 cm³/mol. The van der Waals surface area contributed by atoms with Gasteiger partial charge in [0.25, 0.3) is 8.05 Å². The molecule has 0 aromatic carbocycles. The van der Waals surface area contributed by atoms with Gasteiger partial charge in [-0.2, -0.15) is 4.98 Å². The number of ether oxygens (including phenoxy) is 5. The van der Waals surface area contributed by atoms with Crippen LogP contribution in [0.1, 0.15) is 44.8 Å². The maximum absolute atomic E-state index is 11.6. The number of hydrogen-bond acceptors (Lipinski definition) is 16. The van der Waals surface area contributed by atoms with E-state index in [0.29, 0.717) is 65.1 Å². The van der Waals surface area contributed by atoms with E-state index >= 15 is 0 Å². The van der Waals surface area contributed by atoms with E-state index < -0.39 is 36.9 Å². The minimum absolute atomic E-state index is 0. The maximum Gasteiger partial charge on any atom is 1.00 e. The molecule has 0 bridgehead atoms. The van der Waals surface area contributed by atoms with Crippen molar-refractivity contribution in [3.63, 3.8) is 0 Å². The molecule has 2 aliphatic heterocycles. The summed E-state index contributed by atoms with van der Waals surface area (Å²) in [6.07, 6.45) is 0.380. The first-order chi connectivity index (χ1) is 22.6. The molecule has 2 saturated heterocycles.